The smallest absolute Gasteiger partial charge is 0.118 e. The van der Waals surface area contributed by atoms with Gasteiger partial charge in [-0.2, -0.15) is 0 Å². The molecule has 20 heavy (non-hydrogen) atoms. The topological polar surface area (TPSA) is 21.3 Å². The van der Waals surface area contributed by atoms with Crippen LogP contribution in [0.1, 0.15) is 37.1 Å². The molecule has 0 heterocycles. The molecule has 2 atom stereocenters. The molecule has 0 spiro atoms. The van der Waals surface area contributed by atoms with E-state index in [1.807, 2.05) is 24.3 Å². The molecule has 3 heteroatoms. The molecule has 2 nitrogen and oxygen atoms in total. The van der Waals surface area contributed by atoms with Gasteiger partial charge in [-0.25, -0.2) is 0 Å². The first kappa shape index (κ1) is 14.9. The Hall–Kier alpha value is -1.51. The highest BCUT2D eigenvalue weighted by Crippen LogP contribution is 2.22. The second-order valence-electron chi connectivity index (χ2n) is 4.93. The summed E-state index contributed by atoms with van der Waals surface area (Å²) in [6.07, 6.45) is 0. The van der Waals surface area contributed by atoms with E-state index in [4.69, 9.17) is 16.3 Å². The molecule has 2 rings (SSSR count). The van der Waals surface area contributed by atoms with E-state index in [0.29, 0.717) is 0 Å². The fraction of sp³-hybridized carbons (Fsp3) is 0.294. The van der Waals surface area contributed by atoms with Gasteiger partial charge in [0.15, 0.2) is 0 Å². The SMILES string of the molecule is COc1ccc(C(C)NC(C)c2ccc(Cl)cc2)cc1. The fourth-order valence-electron chi connectivity index (χ4n) is 2.21. The molecule has 0 aliphatic carbocycles. The van der Waals surface area contributed by atoms with Crippen molar-refractivity contribution < 1.29 is 4.74 Å². The highest BCUT2D eigenvalue weighted by molar-refractivity contribution is 6.30. The van der Waals surface area contributed by atoms with Gasteiger partial charge in [-0.15, -0.1) is 0 Å². The summed E-state index contributed by atoms with van der Waals surface area (Å²) in [7, 11) is 1.68. The van der Waals surface area contributed by atoms with Gasteiger partial charge in [-0.05, 0) is 49.2 Å². The van der Waals surface area contributed by atoms with E-state index in [1.54, 1.807) is 7.11 Å². The maximum Gasteiger partial charge on any atom is 0.118 e. The molecule has 0 aromatic heterocycles. The third-order valence-electron chi connectivity index (χ3n) is 3.49. The summed E-state index contributed by atoms with van der Waals surface area (Å²) in [6.45, 7) is 4.32. The number of ether oxygens (including phenoxy) is 1. The summed E-state index contributed by atoms with van der Waals surface area (Å²) in [5.41, 5.74) is 2.47. The van der Waals surface area contributed by atoms with Crippen LogP contribution in [0.15, 0.2) is 48.5 Å². The highest BCUT2D eigenvalue weighted by atomic mass is 35.5. The summed E-state index contributed by atoms with van der Waals surface area (Å²) in [6, 6.07) is 16.6. The second kappa shape index (κ2) is 6.78. The molecular formula is C17H20ClNO. The van der Waals surface area contributed by atoms with Crippen LogP contribution >= 0.6 is 11.6 Å². The summed E-state index contributed by atoms with van der Waals surface area (Å²) in [5.74, 6) is 0.881. The predicted octanol–water partition coefficient (Wildman–Crippen LogP) is 4.76. The average Bonchev–Trinajstić information content (AvgIpc) is 2.48. The Morgan fingerprint density at radius 3 is 1.75 bits per heavy atom. The van der Waals surface area contributed by atoms with E-state index in [-0.39, 0.29) is 12.1 Å². The average molecular weight is 290 g/mol. The number of rotatable bonds is 5. The van der Waals surface area contributed by atoms with Gasteiger partial charge in [0.2, 0.25) is 0 Å². The Kier molecular flexibility index (Phi) is 5.05. The van der Waals surface area contributed by atoms with Crippen molar-refractivity contribution in [3.8, 4) is 5.75 Å². The zero-order valence-corrected chi connectivity index (χ0v) is 12.8. The lowest BCUT2D eigenvalue weighted by Gasteiger charge is -2.21. The molecule has 0 bridgehead atoms. The van der Waals surface area contributed by atoms with Gasteiger partial charge < -0.3 is 10.1 Å². The number of benzene rings is 2. The van der Waals surface area contributed by atoms with Crippen molar-refractivity contribution in [2.75, 3.05) is 7.11 Å². The molecule has 0 aliphatic rings. The van der Waals surface area contributed by atoms with Crippen molar-refractivity contribution in [2.24, 2.45) is 0 Å². The Bertz CT molecular complexity index is 536. The van der Waals surface area contributed by atoms with Crippen molar-refractivity contribution >= 4 is 11.6 Å². The molecular weight excluding hydrogens is 270 g/mol. The molecule has 0 saturated heterocycles. The van der Waals surface area contributed by atoms with E-state index < -0.39 is 0 Å². The van der Waals surface area contributed by atoms with Crippen LogP contribution in [0.25, 0.3) is 0 Å². The van der Waals surface area contributed by atoms with Gasteiger partial charge in [0.25, 0.3) is 0 Å². The van der Waals surface area contributed by atoms with E-state index in [1.165, 1.54) is 11.1 Å². The Labute approximate surface area is 125 Å². The van der Waals surface area contributed by atoms with E-state index in [9.17, 15) is 0 Å². The van der Waals surface area contributed by atoms with Crippen LogP contribution in [-0.4, -0.2) is 7.11 Å². The summed E-state index contributed by atoms with van der Waals surface area (Å²) in [4.78, 5) is 0. The number of methoxy groups -OCH3 is 1. The molecule has 1 N–H and O–H groups in total. The lowest BCUT2D eigenvalue weighted by molar-refractivity contribution is 0.414. The molecule has 0 fully saturated rings. The van der Waals surface area contributed by atoms with Crippen LogP contribution in [0.2, 0.25) is 5.02 Å². The van der Waals surface area contributed by atoms with Crippen LogP contribution in [0.5, 0.6) is 5.75 Å². The number of hydrogen-bond acceptors (Lipinski definition) is 2. The summed E-state index contributed by atoms with van der Waals surface area (Å²) < 4.78 is 5.18. The van der Waals surface area contributed by atoms with Gasteiger partial charge >= 0.3 is 0 Å². The van der Waals surface area contributed by atoms with E-state index >= 15 is 0 Å². The van der Waals surface area contributed by atoms with Crippen LogP contribution in [0.4, 0.5) is 0 Å². The molecule has 0 aliphatic heterocycles. The minimum atomic E-state index is 0.268. The standard InChI is InChI=1S/C17H20ClNO/c1-12(14-4-8-16(18)9-5-14)19-13(2)15-6-10-17(20-3)11-7-15/h4-13,19H,1-3H3. The third kappa shape index (κ3) is 3.75. The Morgan fingerprint density at radius 1 is 0.850 bits per heavy atom. The van der Waals surface area contributed by atoms with Crippen LogP contribution in [-0.2, 0) is 0 Å². The van der Waals surface area contributed by atoms with E-state index in [0.717, 1.165) is 10.8 Å². The van der Waals surface area contributed by atoms with Gasteiger partial charge in [0.1, 0.15) is 5.75 Å². The minimum Gasteiger partial charge on any atom is -0.497 e. The first-order chi connectivity index (χ1) is 9.60. The van der Waals surface area contributed by atoms with Gasteiger partial charge in [0, 0.05) is 17.1 Å². The van der Waals surface area contributed by atoms with Gasteiger partial charge in [-0.1, -0.05) is 35.9 Å². The fourth-order valence-corrected chi connectivity index (χ4v) is 2.34. The molecule has 0 radical (unpaired) electrons. The van der Waals surface area contributed by atoms with Crippen molar-refractivity contribution in [1.29, 1.82) is 0 Å². The normalized spacial score (nSPS) is 13.8. The van der Waals surface area contributed by atoms with E-state index in [2.05, 4.69) is 43.4 Å². The first-order valence-electron chi connectivity index (χ1n) is 6.75. The third-order valence-corrected chi connectivity index (χ3v) is 3.74. The van der Waals surface area contributed by atoms with Crippen molar-refractivity contribution in [2.45, 2.75) is 25.9 Å². The number of nitrogens with one attached hydrogen (secondary N) is 1. The van der Waals surface area contributed by atoms with Crippen LogP contribution in [0.3, 0.4) is 0 Å². The molecule has 2 aromatic rings. The molecule has 2 unspecified atom stereocenters. The van der Waals surface area contributed by atoms with Crippen molar-refractivity contribution in [3.63, 3.8) is 0 Å². The maximum absolute atomic E-state index is 5.91. The lowest BCUT2D eigenvalue weighted by Crippen LogP contribution is -2.22. The van der Waals surface area contributed by atoms with Crippen LogP contribution < -0.4 is 10.1 Å². The molecule has 0 saturated carbocycles. The maximum atomic E-state index is 5.91. The van der Waals surface area contributed by atoms with Crippen LogP contribution in [0, 0.1) is 0 Å². The zero-order chi connectivity index (χ0) is 14.5. The second-order valence-corrected chi connectivity index (χ2v) is 5.37. The van der Waals surface area contributed by atoms with Gasteiger partial charge in [-0.3, -0.25) is 0 Å². The Morgan fingerprint density at radius 2 is 1.30 bits per heavy atom. The van der Waals surface area contributed by atoms with Crippen molar-refractivity contribution in [1.82, 2.24) is 5.32 Å². The highest BCUT2D eigenvalue weighted by Gasteiger charge is 2.11. The lowest BCUT2D eigenvalue weighted by atomic mass is 10.0. The monoisotopic (exact) mass is 289 g/mol. The predicted molar refractivity (Wildman–Crippen MR) is 84.4 cm³/mol. The Balaban J connectivity index is 2.02. The molecule has 0 amide bonds. The number of hydrogen-bond donors (Lipinski definition) is 1. The summed E-state index contributed by atoms with van der Waals surface area (Å²) >= 11 is 5.91. The molecule has 106 valence electrons. The largest absolute Gasteiger partial charge is 0.497 e. The quantitative estimate of drug-likeness (QED) is 0.857. The summed E-state index contributed by atoms with van der Waals surface area (Å²) in [5, 5.41) is 4.35. The van der Waals surface area contributed by atoms with Crippen molar-refractivity contribution in [3.05, 3.63) is 64.7 Å². The van der Waals surface area contributed by atoms with Gasteiger partial charge in [0.05, 0.1) is 7.11 Å². The molecule has 2 aromatic carbocycles. The zero-order valence-electron chi connectivity index (χ0n) is 12.1. The number of halogens is 1. The minimum absolute atomic E-state index is 0.268. The first-order valence-corrected chi connectivity index (χ1v) is 7.13.